The van der Waals surface area contributed by atoms with Crippen molar-refractivity contribution in [3.63, 3.8) is 0 Å². The van der Waals surface area contributed by atoms with Crippen molar-refractivity contribution in [3.8, 4) is 11.4 Å². The number of benzene rings is 1. The van der Waals surface area contributed by atoms with Gasteiger partial charge in [0, 0.05) is 44.6 Å². The summed E-state index contributed by atoms with van der Waals surface area (Å²) < 4.78 is 7.57. The van der Waals surface area contributed by atoms with Crippen LogP contribution in [0.2, 0.25) is 0 Å². The number of rotatable bonds is 4. The molecule has 138 valence electrons. The molecule has 1 saturated heterocycles. The van der Waals surface area contributed by atoms with Gasteiger partial charge in [0.25, 0.3) is 0 Å². The first-order chi connectivity index (χ1) is 12.2. The molecule has 1 aliphatic rings. The van der Waals surface area contributed by atoms with Crippen molar-refractivity contribution in [2.75, 3.05) is 19.6 Å². The topological polar surface area (TPSA) is 72.0 Å². The average molecular weight is 375 g/mol. The van der Waals surface area contributed by atoms with E-state index in [-0.39, 0.29) is 18.4 Å². The first kappa shape index (κ1) is 18.6. The number of nitrogens with zero attached hydrogens (tertiary/aromatic N) is 5. The van der Waals surface area contributed by atoms with Crippen LogP contribution in [0.3, 0.4) is 0 Å². The van der Waals surface area contributed by atoms with Gasteiger partial charge >= 0.3 is 0 Å². The fourth-order valence-electron chi connectivity index (χ4n) is 3.28. The molecule has 1 aliphatic heterocycles. The van der Waals surface area contributed by atoms with Gasteiger partial charge in [-0.3, -0.25) is 4.90 Å². The molecule has 0 aliphatic carbocycles. The Bertz CT molecular complexity index is 861. The normalized spacial score (nSPS) is 17.8. The molecule has 2 aromatic heterocycles. The van der Waals surface area contributed by atoms with E-state index in [4.69, 9.17) is 4.52 Å². The lowest BCUT2D eigenvalue weighted by atomic mass is 10.1. The summed E-state index contributed by atoms with van der Waals surface area (Å²) in [6.07, 6.45) is 3.81. The highest BCUT2D eigenvalue weighted by atomic mass is 35.5. The summed E-state index contributed by atoms with van der Waals surface area (Å²) in [7, 11) is 2.03. The van der Waals surface area contributed by atoms with Crippen molar-refractivity contribution in [3.05, 3.63) is 53.9 Å². The molecule has 8 heteroatoms. The van der Waals surface area contributed by atoms with Crippen LogP contribution in [0.5, 0.6) is 0 Å². The zero-order valence-corrected chi connectivity index (χ0v) is 15.7. The highest BCUT2D eigenvalue weighted by molar-refractivity contribution is 5.85. The smallest absolute Gasteiger partial charge is 0.241 e. The Hall–Kier alpha value is -2.22. The summed E-state index contributed by atoms with van der Waals surface area (Å²) in [5.41, 5.74) is 2.16. The number of halogens is 1. The lowest BCUT2D eigenvalue weighted by Crippen LogP contribution is -2.46. The second-order valence-corrected chi connectivity index (χ2v) is 6.47. The summed E-state index contributed by atoms with van der Waals surface area (Å²) in [6.45, 7) is 5.41. The van der Waals surface area contributed by atoms with E-state index in [0.29, 0.717) is 18.3 Å². The van der Waals surface area contributed by atoms with Gasteiger partial charge in [-0.1, -0.05) is 28.9 Å². The fraction of sp³-hybridized carbons (Fsp3) is 0.389. The minimum atomic E-state index is 0. The molecule has 1 fully saturated rings. The van der Waals surface area contributed by atoms with E-state index in [2.05, 4.69) is 49.0 Å². The van der Waals surface area contributed by atoms with Crippen molar-refractivity contribution in [2.45, 2.75) is 19.5 Å². The zero-order valence-electron chi connectivity index (χ0n) is 14.9. The van der Waals surface area contributed by atoms with Crippen molar-refractivity contribution in [1.82, 2.24) is 29.9 Å². The van der Waals surface area contributed by atoms with E-state index in [0.717, 1.165) is 31.0 Å². The second-order valence-electron chi connectivity index (χ2n) is 6.47. The Balaban J connectivity index is 0.00000196. The molecule has 3 heterocycles. The molecular weight excluding hydrogens is 352 g/mol. The van der Waals surface area contributed by atoms with Gasteiger partial charge in [0.2, 0.25) is 11.7 Å². The van der Waals surface area contributed by atoms with Crippen LogP contribution in [0, 0.1) is 6.92 Å². The number of hydrogen-bond acceptors (Lipinski definition) is 6. The Labute approximate surface area is 158 Å². The second kappa shape index (κ2) is 7.99. The lowest BCUT2D eigenvalue weighted by molar-refractivity contribution is 0.128. The Kier molecular flexibility index (Phi) is 5.70. The predicted molar refractivity (Wildman–Crippen MR) is 101 cm³/mol. The maximum atomic E-state index is 5.51. The molecule has 4 rings (SSSR count). The number of hydrogen-bond donors (Lipinski definition) is 1. The Morgan fingerprint density at radius 1 is 1.35 bits per heavy atom. The van der Waals surface area contributed by atoms with Crippen LogP contribution in [0.15, 0.2) is 41.2 Å². The highest BCUT2D eigenvalue weighted by Gasteiger charge is 2.28. The Morgan fingerprint density at radius 3 is 3.00 bits per heavy atom. The fourth-order valence-corrected chi connectivity index (χ4v) is 3.28. The number of nitrogens with one attached hydrogen (secondary N) is 1. The molecule has 26 heavy (non-hydrogen) atoms. The summed E-state index contributed by atoms with van der Waals surface area (Å²) in [5, 5.41) is 7.59. The molecule has 3 aromatic rings. The van der Waals surface area contributed by atoms with Crippen LogP contribution >= 0.6 is 12.4 Å². The summed E-state index contributed by atoms with van der Waals surface area (Å²) in [5.74, 6) is 2.32. The van der Waals surface area contributed by atoms with Gasteiger partial charge in [0.1, 0.15) is 5.82 Å². The van der Waals surface area contributed by atoms with Crippen molar-refractivity contribution < 1.29 is 4.52 Å². The van der Waals surface area contributed by atoms with Crippen molar-refractivity contribution in [1.29, 1.82) is 0 Å². The van der Waals surface area contributed by atoms with Crippen LogP contribution in [-0.4, -0.2) is 44.2 Å². The number of aryl methyl sites for hydroxylation is 2. The first-order valence-corrected chi connectivity index (χ1v) is 8.52. The van der Waals surface area contributed by atoms with Crippen molar-refractivity contribution >= 4 is 12.4 Å². The summed E-state index contributed by atoms with van der Waals surface area (Å²) in [6, 6.07) is 8.33. The number of aromatic nitrogens is 4. The molecule has 0 saturated carbocycles. The van der Waals surface area contributed by atoms with E-state index in [1.54, 1.807) is 0 Å². The zero-order chi connectivity index (χ0) is 17.2. The van der Waals surface area contributed by atoms with Gasteiger partial charge in [0.15, 0.2) is 0 Å². The molecule has 1 N–H and O–H groups in total. The minimum Gasteiger partial charge on any atom is -0.338 e. The van der Waals surface area contributed by atoms with E-state index in [1.165, 1.54) is 5.56 Å². The summed E-state index contributed by atoms with van der Waals surface area (Å²) in [4.78, 5) is 11.4. The SMILES string of the molecule is Cc1cccc(-c2noc(CN3CCNCC3c3nccn3C)n2)c1.Cl. The van der Waals surface area contributed by atoms with Gasteiger partial charge < -0.3 is 14.4 Å². The van der Waals surface area contributed by atoms with Crippen LogP contribution in [0.4, 0.5) is 0 Å². The molecule has 1 unspecified atom stereocenters. The van der Waals surface area contributed by atoms with E-state index in [1.807, 2.05) is 31.6 Å². The molecule has 0 bridgehead atoms. The highest BCUT2D eigenvalue weighted by Crippen LogP contribution is 2.23. The van der Waals surface area contributed by atoms with Crippen LogP contribution in [0.1, 0.15) is 23.3 Å². The number of piperazine rings is 1. The van der Waals surface area contributed by atoms with Crippen LogP contribution < -0.4 is 5.32 Å². The molecule has 1 aromatic carbocycles. The molecule has 7 nitrogen and oxygen atoms in total. The maximum absolute atomic E-state index is 5.51. The monoisotopic (exact) mass is 374 g/mol. The Morgan fingerprint density at radius 2 is 2.23 bits per heavy atom. The quantitative estimate of drug-likeness (QED) is 0.755. The molecule has 0 radical (unpaired) electrons. The van der Waals surface area contributed by atoms with Gasteiger partial charge in [-0.25, -0.2) is 4.98 Å². The van der Waals surface area contributed by atoms with Gasteiger partial charge in [-0.05, 0) is 13.0 Å². The first-order valence-electron chi connectivity index (χ1n) is 8.52. The van der Waals surface area contributed by atoms with Gasteiger partial charge in [0.05, 0.1) is 12.6 Å². The largest absolute Gasteiger partial charge is 0.338 e. The third kappa shape index (κ3) is 3.80. The maximum Gasteiger partial charge on any atom is 0.241 e. The lowest BCUT2D eigenvalue weighted by Gasteiger charge is -2.34. The molecular formula is C18H23ClN6O. The van der Waals surface area contributed by atoms with E-state index < -0.39 is 0 Å². The average Bonchev–Trinajstić information content (AvgIpc) is 3.25. The van der Waals surface area contributed by atoms with Crippen LogP contribution in [0.25, 0.3) is 11.4 Å². The molecule has 0 amide bonds. The van der Waals surface area contributed by atoms with Gasteiger partial charge in [-0.2, -0.15) is 4.98 Å². The number of imidazole rings is 1. The molecule has 1 atom stereocenters. The third-order valence-electron chi connectivity index (χ3n) is 4.59. The summed E-state index contributed by atoms with van der Waals surface area (Å²) >= 11 is 0. The standard InChI is InChI=1S/C18H22N6O.ClH/c1-13-4-3-5-14(10-13)17-21-16(25-22-17)12-24-9-6-19-11-15(24)18-20-7-8-23(18)2;/h3-5,7-8,10,15,19H,6,9,11-12H2,1-2H3;1H. The van der Waals surface area contributed by atoms with E-state index in [9.17, 15) is 0 Å². The van der Waals surface area contributed by atoms with Crippen LogP contribution in [-0.2, 0) is 13.6 Å². The van der Waals surface area contributed by atoms with Crippen molar-refractivity contribution in [2.24, 2.45) is 7.05 Å². The van der Waals surface area contributed by atoms with Gasteiger partial charge in [-0.15, -0.1) is 12.4 Å². The predicted octanol–water partition coefficient (Wildman–Crippen LogP) is 2.35. The minimum absolute atomic E-state index is 0. The molecule has 0 spiro atoms. The van der Waals surface area contributed by atoms with E-state index >= 15 is 0 Å². The third-order valence-corrected chi connectivity index (χ3v) is 4.59.